The van der Waals surface area contributed by atoms with Gasteiger partial charge < -0.3 is 25.1 Å². The standard InChI is InChI=1S/C45H34N2O3/c1-46(31-15-3-2-4-16-31)39-25-22-29-13-6-8-18-33(29)42(39)30-23-24-38-36(26-30)34-19-9-10-21-37(34)47(38)44-41(49)27-40(48)43(45(44)50)35-20-11-14-28-12-5-7-17-32(28)35/h2-25,27,36,48-50H,26H2,1H3. The van der Waals surface area contributed by atoms with E-state index in [-0.39, 0.29) is 34.4 Å². The highest BCUT2D eigenvalue weighted by molar-refractivity contribution is 6.04. The molecule has 0 amide bonds. The van der Waals surface area contributed by atoms with Crippen LogP contribution in [0.4, 0.5) is 22.7 Å². The van der Waals surface area contributed by atoms with Crippen LogP contribution in [0.15, 0.2) is 157 Å². The Morgan fingerprint density at radius 2 is 1.30 bits per heavy atom. The van der Waals surface area contributed by atoms with E-state index in [0.29, 0.717) is 5.56 Å². The topological polar surface area (TPSA) is 67.2 Å². The van der Waals surface area contributed by atoms with Crippen molar-refractivity contribution in [3.8, 4) is 28.4 Å². The van der Waals surface area contributed by atoms with Gasteiger partial charge in [0.25, 0.3) is 0 Å². The summed E-state index contributed by atoms with van der Waals surface area (Å²) in [6.07, 6.45) is 5.04. The van der Waals surface area contributed by atoms with Crippen LogP contribution in [0.25, 0.3) is 38.2 Å². The van der Waals surface area contributed by atoms with Crippen LogP contribution >= 0.6 is 0 Å². The van der Waals surface area contributed by atoms with Crippen LogP contribution in [0.3, 0.4) is 0 Å². The monoisotopic (exact) mass is 650 g/mol. The molecule has 2 aliphatic rings. The van der Waals surface area contributed by atoms with Crippen molar-refractivity contribution in [1.82, 2.24) is 0 Å². The Labute approximate surface area is 290 Å². The predicted molar refractivity (Wildman–Crippen MR) is 205 cm³/mol. The molecule has 7 aromatic carbocycles. The van der Waals surface area contributed by atoms with Gasteiger partial charge in [-0.1, -0.05) is 115 Å². The van der Waals surface area contributed by atoms with E-state index in [4.69, 9.17) is 0 Å². The smallest absolute Gasteiger partial charge is 0.155 e. The van der Waals surface area contributed by atoms with Gasteiger partial charge in [0.1, 0.15) is 17.2 Å². The molecular formula is C45H34N2O3. The first kappa shape index (κ1) is 29.7. The summed E-state index contributed by atoms with van der Waals surface area (Å²) in [4.78, 5) is 4.21. The van der Waals surface area contributed by atoms with E-state index < -0.39 is 0 Å². The van der Waals surface area contributed by atoms with Gasteiger partial charge in [-0.3, -0.25) is 0 Å². The Balaban J connectivity index is 1.23. The number of hydrogen-bond donors (Lipinski definition) is 3. The Hall–Kier alpha value is -6.46. The van der Waals surface area contributed by atoms with Gasteiger partial charge in [0, 0.05) is 47.4 Å². The number of rotatable bonds is 5. The molecule has 0 spiro atoms. The van der Waals surface area contributed by atoms with Crippen LogP contribution in [0, 0.1) is 0 Å². The van der Waals surface area contributed by atoms with E-state index >= 15 is 0 Å². The van der Waals surface area contributed by atoms with E-state index in [0.717, 1.165) is 45.5 Å². The molecule has 3 N–H and O–H groups in total. The van der Waals surface area contributed by atoms with E-state index in [1.165, 1.54) is 28.0 Å². The molecule has 0 saturated carbocycles. The molecule has 1 aliphatic carbocycles. The number of anilines is 4. The maximum Gasteiger partial charge on any atom is 0.155 e. The molecule has 0 bridgehead atoms. The molecule has 1 atom stereocenters. The SMILES string of the molecule is CN(c1ccccc1)c1ccc2ccccc2c1C1=CC=C2C(C1)c1ccccc1N2c1c(O)cc(O)c(-c2cccc3ccccc23)c1O. The molecule has 0 radical (unpaired) electrons. The third kappa shape index (κ3) is 4.55. The summed E-state index contributed by atoms with van der Waals surface area (Å²) >= 11 is 0. The fourth-order valence-corrected chi connectivity index (χ4v) is 7.98. The second kappa shape index (κ2) is 11.6. The van der Waals surface area contributed by atoms with Gasteiger partial charge >= 0.3 is 0 Å². The zero-order valence-corrected chi connectivity index (χ0v) is 27.5. The van der Waals surface area contributed by atoms with Crippen molar-refractivity contribution < 1.29 is 15.3 Å². The van der Waals surface area contributed by atoms with Gasteiger partial charge in [-0.25, -0.2) is 0 Å². The predicted octanol–water partition coefficient (Wildman–Crippen LogP) is 11.2. The molecule has 0 fully saturated rings. The molecular weight excluding hydrogens is 617 g/mol. The second-order valence-electron chi connectivity index (χ2n) is 13.0. The number of fused-ring (bicyclic) bond motifs is 5. The third-order valence-corrected chi connectivity index (χ3v) is 10.3. The first-order valence-corrected chi connectivity index (χ1v) is 16.9. The van der Waals surface area contributed by atoms with Crippen LogP contribution in [-0.4, -0.2) is 22.4 Å². The maximum absolute atomic E-state index is 12.1. The van der Waals surface area contributed by atoms with Gasteiger partial charge in [-0.2, -0.15) is 0 Å². The van der Waals surface area contributed by atoms with E-state index in [9.17, 15) is 15.3 Å². The number of benzene rings is 7. The molecule has 242 valence electrons. The van der Waals surface area contributed by atoms with Crippen molar-refractivity contribution in [2.24, 2.45) is 0 Å². The van der Waals surface area contributed by atoms with Gasteiger partial charge in [-0.15, -0.1) is 0 Å². The molecule has 0 aromatic heterocycles. The van der Waals surface area contributed by atoms with E-state index in [1.807, 2.05) is 71.6 Å². The minimum atomic E-state index is -0.198. The highest BCUT2D eigenvalue weighted by Gasteiger charge is 2.40. The second-order valence-corrected chi connectivity index (χ2v) is 13.0. The van der Waals surface area contributed by atoms with Crippen molar-refractivity contribution in [3.63, 3.8) is 0 Å². The van der Waals surface area contributed by atoms with Crippen LogP contribution in [0.5, 0.6) is 17.2 Å². The van der Waals surface area contributed by atoms with Gasteiger partial charge in [0.05, 0.1) is 5.56 Å². The lowest BCUT2D eigenvalue weighted by Gasteiger charge is -2.30. The summed E-state index contributed by atoms with van der Waals surface area (Å²) in [5, 5.41) is 39.0. The van der Waals surface area contributed by atoms with Crippen LogP contribution in [-0.2, 0) is 0 Å². The summed E-state index contributed by atoms with van der Waals surface area (Å²) < 4.78 is 0. The van der Waals surface area contributed by atoms with Crippen LogP contribution in [0.2, 0.25) is 0 Å². The quantitative estimate of drug-likeness (QED) is 0.173. The maximum atomic E-state index is 12.1. The Morgan fingerprint density at radius 1 is 0.620 bits per heavy atom. The molecule has 9 rings (SSSR count). The van der Waals surface area contributed by atoms with Crippen LogP contribution < -0.4 is 9.80 Å². The molecule has 1 heterocycles. The zero-order chi connectivity index (χ0) is 33.9. The Kier molecular flexibility index (Phi) is 6.88. The first-order valence-electron chi connectivity index (χ1n) is 16.9. The van der Waals surface area contributed by atoms with Crippen molar-refractivity contribution >= 4 is 49.9 Å². The number of hydrogen-bond acceptors (Lipinski definition) is 5. The van der Waals surface area contributed by atoms with Gasteiger partial charge in [0.2, 0.25) is 0 Å². The third-order valence-electron chi connectivity index (χ3n) is 10.3. The van der Waals surface area contributed by atoms with Crippen molar-refractivity contribution in [2.45, 2.75) is 12.3 Å². The fraction of sp³-hybridized carbons (Fsp3) is 0.0667. The molecule has 5 heteroatoms. The fourth-order valence-electron chi connectivity index (χ4n) is 7.98. The average Bonchev–Trinajstić information content (AvgIpc) is 3.47. The average molecular weight is 651 g/mol. The number of nitrogens with zero attached hydrogens (tertiary/aromatic N) is 2. The van der Waals surface area contributed by atoms with Crippen LogP contribution in [0.1, 0.15) is 23.5 Å². The van der Waals surface area contributed by atoms with Gasteiger partial charge in [0.15, 0.2) is 5.75 Å². The minimum Gasteiger partial charge on any atom is -0.507 e. The lowest BCUT2D eigenvalue weighted by atomic mass is 9.83. The largest absolute Gasteiger partial charge is 0.507 e. The van der Waals surface area contributed by atoms with E-state index in [2.05, 4.69) is 90.8 Å². The number of para-hydroxylation sites is 2. The van der Waals surface area contributed by atoms with Crippen molar-refractivity contribution in [1.29, 1.82) is 0 Å². The first-order chi connectivity index (χ1) is 24.5. The summed E-state index contributed by atoms with van der Waals surface area (Å²) in [7, 11) is 2.12. The molecule has 1 unspecified atom stereocenters. The highest BCUT2D eigenvalue weighted by Crippen LogP contribution is 2.59. The lowest BCUT2D eigenvalue weighted by molar-refractivity contribution is 0.432. The number of phenolic OH excluding ortho intramolecular Hbond substituents is 3. The number of aromatic hydroxyl groups is 3. The van der Waals surface area contributed by atoms with Gasteiger partial charge in [-0.05, 0) is 75.0 Å². The molecule has 50 heavy (non-hydrogen) atoms. The van der Waals surface area contributed by atoms with Crippen molar-refractivity contribution in [2.75, 3.05) is 16.8 Å². The summed E-state index contributed by atoms with van der Waals surface area (Å²) in [6, 6.07) is 46.6. The summed E-state index contributed by atoms with van der Waals surface area (Å²) in [5.74, 6) is -0.592. The number of phenols is 3. The molecule has 7 aromatic rings. The number of allylic oxidation sites excluding steroid dienone is 4. The minimum absolute atomic E-state index is 0.0336. The molecule has 5 nitrogen and oxygen atoms in total. The Morgan fingerprint density at radius 3 is 2.12 bits per heavy atom. The molecule has 0 saturated heterocycles. The van der Waals surface area contributed by atoms with E-state index in [1.54, 1.807) is 0 Å². The zero-order valence-electron chi connectivity index (χ0n) is 27.5. The Bertz CT molecular complexity index is 2530. The van der Waals surface area contributed by atoms with Crippen molar-refractivity contribution in [3.05, 3.63) is 169 Å². The summed E-state index contributed by atoms with van der Waals surface area (Å²) in [6.45, 7) is 0. The lowest BCUT2D eigenvalue weighted by Crippen LogP contribution is -2.17. The highest BCUT2D eigenvalue weighted by atomic mass is 16.3. The normalized spacial score (nSPS) is 15.1. The molecule has 1 aliphatic heterocycles. The summed E-state index contributed by atoms with van der Waals surface area (Å²) in [5.41, 5.74) is 8.80.